The summed E-state index contributed by atoms with van der Waals surface area (Å²) in [5, 5.41) is 3.84. The largest absolute Gasteiger partial charge is 0.350 e. The number of aromatic nitrogens is 3. The zero-order valence-electron chi connectivity index (χ0n) is 15.2. The molecule has 2 aromatic heterocycles. The Kier molecular flexibility index (Phi) is 4.24. The van der Waals surface area contributed by atoms with E-state index in [9.17, 15) is 9.59 Å². The van der Waals surface area contributed by atoms with Gasteiger partial charge in [-0.3, -0.25) is 14.3 Å². The molecule has 0 radical (unpaired) electrons. The maximum atomic E-state index is 12.9. The molecular weight excluding hydrogens is 340 g/mol. The quantitative estimate of drug-likeness (QED) is 0.608. The molecule has 6 heteroatoms. The minimum atomic E-state index is -0.473. The van der Waals surface area contributed by atoms with Crippen molar-refractivity contribution in [1.82, 2.24) is 19.5 Å². The fourth-order valence-corrected chi connectivity index (χ4v) is 3.43. The normalized spacial score (nSPS) is 12.4. The van der Waals surface area contributed by atoms with Gasteiger partial charge in [0.2, 0.25) is 5.91 Å². The molecule has 0 spiro atoms. The van der Waals surface area contributed by atoms with Crippen molar-refractivity contribution < 1.29 is 4.79 Å². The van der Waals surface area contributed by atoms with Gasteiger partial charge in [0.25, 0.3) is 5.56 Å². The highest BCUT2D eigenvalue weighted by Gasteiger charge is 2.22. The lowest BCUT2D eigenvalue weighted by Gasteiger charge is -2.18. The van der Waals surface area contributed by atoms with Crippen LogP contribution in [-0.2, 0) is 11.3 Å². The second-order valence-corrected chi connectivity index (χ2v) is 6.61. The molecule has 0 saturated heterocycles. The van der Waals surface area contributed by atoms with E-state index in [4.69, 9.17) is 0 Å². The number of carbonyl (C=O) groups excluding carboxylic acids is 1. The smallest absolute Gasteiger partial charge is 0.273 e. The SMILES string of the molecule is Cc1cc(=O)nc2c3ccccc3n([C@@H](C)C(=O)NCc3ccccc3)n12. The van der Waals surface area contributed by atoms with Crippen molar-refractivity contribution in [2.24, 2.45) is 0 Å². The number of carbonyl (C=O) groups is 1. The van der Waals surface area contributed by atoms with Gasteiger partial charge in [-0.15, -0.1) is 0 Å². The number of hydrogen-bond donors (Lipinski definition) is 1. The highest BCUT2D eigenvalue weighted by atomic mass is 16.2. The fraction of sp³-hybridized carbons (Fsp3) is 0.190. The van der Waals surface area contributed by atoms with Gasteiger partial charge in [-0.25, -0.2) is 4.52 Å². The lowest BCUT2D eigenvalue weighted by atomic mass is 10.2. The van der Waals surface area contributed by atoms with Gasteiger partial charge in [-0.05, 0) is 31.5 Å². The summed E-state index contributed by atoms with van der Waals surface area (Å²) < 4.78 is 3.74. The molecule has 4 rings (SSSR count). The highest BCUT2D eigenvalue weighted by molar-refractivity contribution is 5.94. The maximum absolute atomic E-state index is 12.9. The lowest BCUT2D eigenvalue weighted by Crippen LogP contribution is -2.32. The predicted molar refractivity (Wildman–Crippen MR) is 105 cm³/mol. The Morgan fingerprint density at radius 2 is 1.81 bits per heavy atom. The molecule has 2 heterocycles. The highest BCUT2D eigenvalue weighted by Crippen LogP contribution is 2.25. The Hall–Kier alpha value is -3.41. The lowest BCUT2D eigenvalue weighted by molar-refractivity contribution is -0.124. The van der Waals surface area contributed by atoms with Crippen LogP contribution in [0.1, 0.15) is 24.2 Å². The molecule has 0 bridgehead atoms. The number of nitrogens with zero attached hydrogens (tertiary/aromatic N) is 3. The Morgan fingerprint density at radius 1 is 1.11 bits per heavy atom. The van der Waals surface area contributed by atoms with Crippen LogP contribution in [0.3, 0.4) is 0 Å². The monoisotopic (exact) mass is 360 g/mol. The summed E-state index contributed by atoms with van der Waals surface area (Å²) in [5.74, 6) is -0.0976. The molecule has 27 heavy (non-hydrogen) atoms. The third kappa shape index (κ3) is 2.99. The standard InChI is InChI=1S/C21H20N4O2/c1-14-12-19(26)23-20-17-10-6-7-11-18(17)25(24(14)20)15(2)21(27)22-13-16-8-4-3-5-9-16/h3-12,15H,13H2,1-2H3,(H,22,27)/t15-/m0/s1. The van der Waals surface area contributed by atoms with Gasteiger partial charge in [0.05, 0.1) is 5.52 Å². The van der Waals surface area contributed by atoms with E-state index in [1.54, 1.807) is 0 Å². The maximum Gasteiger partial charge on any atom is 0.273 e. The van der Waals surface area contributed by atoms with Crippen molar-refractivity contribution in [2.45, 2.75) is 26.4 Å². The summed E-state index contributed by atoms with van der Waals surface area (Å²) >= 11 is 0. The molecule has 136 valence electrons. The number of rotatable bonds is 4. The van der Waals surface area contributed by atoms with Gasteiger partial charge >= 0.3 is 0 Å². The van der Waals surface area contributed by atoms with E-state index in [1.807, 2.05) is 77.6 Å². The van der Waals surface area contributed by atoms with E-state index in [-0.39, 0.29) is 11.5 Å². The summed E-state index contributed by atoms with van der Waals surface area (Å²) in [6.07, 6.45) is 0. The van der Waals surface area contributed by atoms with Crippen LogP contribution in [0, 0.1) is 6.92 Å². The van der Waals surface area contributed by atoms with Crippen LogP contribution in [0.15, 0.2) is 65.5 Å². The predicted octanol–water partition coefficient (Wildman–Crippen LogP) is 2.84. The Bertz CT molecular complexity index is 1190. The Morgan fingerprint density at radius 3 is 2.59 bits per heavy atom. The summed E-state index contributed by atoms with van der Waals surface area (Å²) in [4.78, 5) is 28.9. The molecule has 1 amide bonds. The third-order valence-corrected chi connectivity index (χ3v) is 4.75. The Labute approximate surface area is 156 Å². The molecule has 0 unspecified atom stereocenters. The number of fused-ring (bicyclic) bond motifs is 3. The van der Waals surface area contributed by atoms with Crippen LogP contribution < -0.4 is 10.9 Å². The molecule has 2 aromatic carbocycles. The van der Waals surface area contributed by atoms with E-state index < -0.39 is 6.04 Å². The molecule has 1 N–H and O–H groups in total. The molecular formula is C21H20N4O2. The van der Waals surface area contributed by atoms with Crippen LogP contribution in [0.25, 0.3) is 16.6 Å². The van der Waals surface area contributed by atoms with E-state index in [0.29, 0.717) is 12.2 Å². The van der Waals surface area contributed by atoms with E-state index in [0.717, 1.165) is 22.2 Å². The number of para-hydroxylation sites is 1. The number of aryl methyl sites for hydroxylation is 1. The van der Waals surface area contributed by atoms with Crippen molar-refractivity contribution in [3.05, 3.63) is 82.3 Å². The Balaban J connectivity index is 1.77. The molecule has 0 aliphatic rings. The second-order valence-electron chi connectivity index (χ2n) is 6.61. The third-order valence-electron chi connectivity index (χ3n) is 4.75. The zero-order valence-corrected chi connectivity index (χ0v) is 15.2. The topological polar surface area (TPSA) is 68.4 Å². The van der Waals surface area contributed by atoms with Gasteiger partial charge in [-0.1, -0.05) is 42.5 Å². The average Bonchev–Trinajstić information content (AvgIpc) is 3.01. The summed E-state index contributed by atoms with van der Waals surface area (Å²) in [6, 6.07) is 18.5. The molecule has 0 aliphatic heterocycles. The summed E-state index contributed by atoms with van der Waals surface area (Å²) in [6.45, 7) is 4.16. The second kappa shape index (κ2) is 6.72. The van der Waals surface area contributed by atoms with Gasteiger partial charge < -0.3 is 5.32 Å². The first-order chi connectivity index (χ1) is 13.1. The van der Waals surface area contributed by atoms with Crippen molar-refractivity contribution >= 4 is 22.5 Å². The average molecular weight is 360 g/mol. The van der Waals surface area contributed by atoms with Crippen molar-refractivity contribution in [1.29, 1.82) is 0 Å². The first kappa shape index (κ1) is 17.0. The molecule has 0 aliphatic carbocycles. The zero-order chi connectivity index (χ0) is 19.0. The van der Waals surface area contributed by atoms with Crippen LogP contribution >= 0.6 is 0 Å². The number of hydrogen-bond acceptors (Lipinski definition) is 3. The molecule has 0 saturated carbocycles. The van der Waals surface area contributed by atoms with Gasteiger partial charge in [0, 0.05) is 23.7 Å². The van der Waals surface area contributed by atoms with E-state index >= 15 is 0 Å². The van der Waals surface area contributed by atoms with Gasteiger partial charge in [-0.2, -0.15) is 4.98 Å². The summed E-state index contributed by atoms with van der Waals surface area (Å²) in [5.41, 5.74) is 2.93. The van der Waals surface area contributed by atoms with Crippen LogP contribution in [-0.4, -0.2) is 20.1 Å². The molecule has 4 aromatic rings. The molecule has 0 fully saturated rings. The van der Waals surface area contributed by atoms with Gasteiger partial charge in [0.15, 0.2) is 5.65 Å². The fourth-order valence-electron chi connectivity index (χ4n) is 3.43. The van der Waals surface area contributed by atoms with Crippen LogP contribution in [0.5, 0.6) is 0 Å². The number of nitrogens with one attached hydrogen (secondary N) is 1. The van der Waals surface area contributed by atoms with Crippen molar-refractivity contribution in [3.8, 4) is 0 Å². The van der Waals surface area contributed by atoms with Crippen molar-refractivity contribution in [3.63, 3.8) is 0 Å². The number of benzene rings is 2. The first-order valence-corrected chi connectivity index (χ1v) is 8.87. The number of amides is 1. The minimum absolute atomic E-state index is 0.0976. The van der Waals surface area contributed by atoms with Crippen LogP contribution in [0.2, 0.25) is 0 Å². The van der Waals surface area contributed by atoms with E-state index in [2.05, 4.69) is 10.3 Å². The van der Waals surface area contributed by atoms with E-state index in [1.165, 1.54) is 6.07 Å². The van der Waals surface area contributed by atoms with Gasteiger partial charge in [0.1, 0.15) is 6.04 Å². The molecule has 1 atom stereocenters. The summed E-state index contributed by atoms with van der Waals surface area (Å²) in [7, 11) is 0. The van der Waals surface area contributed by atoms with Crippen LogP contribution in [0.4, 0.5) is 0 Å². The van der Waals surface area contributed by atoms with Crippen molar-refractivity contribution in [2.75, 3.05) is 0 Å². The molecule has 6 nitrogen and oxygen atoms in total. The minimum Gasteiger partial charge on any atom is -0.350 e. The first-order valence-electron chi connectivity index (χ1n) is 8.87.